The molecule has 1 aliphatic heterocycles. The summed E-state index contributed by atoms with van der Waals surface area (Å²) in [5, 5.41) is 8.66. The number of nitrogens with zero attached hydrogens (tertiary/aromatic N) is 3. The summed E-state index contributed by atoms with van der Waals surface area (Å²) in [7, 11) is 0. The Morgan fingerprint density at radius 3 is 3.00 bits per heavy atom. The van der Waals surface area contributed by atoms with Crippen LogP contribution in [0.3, 0.4) is 0 Å². The lowest BCUT2D eigenvalue weighted by molar-refractivity contribution is -0.137. The van der Waals surface area contributed by atoms with Crippen molar-refractivity contribution in [2.75, 3.05) is 18.0 Å². The molecular formula is C12H17N3O2. The third-order valence-corrected chi connectivity index (χ3v) is 3.21. The molecule has 0 spiro atoms. The Balaban J connectivity index is 1.94. The third-order valence-electron chi connectivity index (χ3n) is 3.21. The summed E-state index contributed by atoms with van der Waals surface area (Å²) < 4.78 is 0. The minimum Gasteiger partial charge on any atom is -0.481 e. The van der Waals surface area contributed by atoms with Gasteiger partial charge in [0, 0.05) is 31.9 Å². The lowest BCUT2D eigenvalue weighted by Crippen LogP contribution is -2.22. The van der Waals surface area contributed by atoms with E-state index in [1.165, 1.54) is 0 Å². The predicted octanol–water partition coefficient (Wildman–Crippen LogP) is 1.48. The lowest BCUT2D eigenvalue weighted by Gasteiger charge is -2.18. The van der Waals surface area contributed by atoms with Gasteiger partial charge in [-0.1, -0.05) is 0 Å². The molecule has 5 nitrogen and oxygen atoms in total. The normalized spacial score (nSPS) is 19.6. The molecule has 1 aromatic heterocycles. The van der Waals surface area contributed by atoms with Crippen LogP contribution in [0.25, 0.3) is 0 Å². The third kappa shape index (κ3) is 2.93. The van der Waals surface area contributed by atoms with Gasteiger partial charge in [0.05, 0.1) is 5.69 Å². The van der Waals surface area contributed by atoms with Gasteiger partial charge < -0.3 is 10.0 Å². The van der Waals surface area contributed by atoms with Crippen molar-refractivity contribution < 1.29 is 9.90 Å². The first-order chi connectivity index (χ1) is 8.16. The number of carboxylic acid groups (broad SMARTS) is 1. The van der Waals surface area contributed by atoms with Crippen LogP contribution in [-0.4, -0.2) is 34.1 Å². The Morgan fingerprint density at radius 1 is 1.53 bits per heavy atom. The molecule has 0 saturated carbocycles. The van der Waals surface area contributed by atoms with E-state index in [9.17, 15) is 4.79 Å². The number of aliphatic carboxylic acids is 1. The van der Waals surface area contributed by atoms with Crippen molar-refractivity contribution in [3.8, 4) is 0 Å². The van der Waals surface area contributed by atoms with Gasteiger partial charge in [0.15, 0.2) is 0 Å². The highest BCUT2D eigenvalue weighted by Gasteiger charge is 2.24. The molecule has 1 saturated heterocycles. The molecule has 0 aliphatic carbocycles. The van der Waals surface area contributed by atoms with E-state index < -0.39 is 5.97 Å². The molecule has 5 heteroatoms. The highest BCUT2D eigenvalue weighted by molar-refractivity contribution is 5.66. The number of aryl methyl sites for hydroxylation is 1. The number of carboxylic acids is 1. The van der Waals surface area contributed by atoms with Crippen LogP contribution >= 0.6 is 0 Å². The monoisotopic (exact) mass is 235 g/mol. The first-order valence-corrected chi connectivity index (χ1v) is 5.91. The second-order valence-electron chi connectivity index (χ2n) is 4.50. The Kier molecular flexibility index (Phi) is 3.56. The van der Waals surface area contributed by atoms with Crippen molar-refractivity contribution in [1.29, 1.82) is 0 Å². The van der Waals surface area contributed by atoms with E-state index in [2.05, 4.69) is 14.9 Å². The molecule has 0 radical (unpaired) electrons. The summed E-state index contributed by atoms with van der Waals surface area (Å²) in [6.45, 7) is 3.80. The molecule has 2 rings (SSSR count). The number of hydrogen-bond acceptors (Lipinski definition) is 4. The van der Waals surface area contributed by atoms with Gasteiger partial charge in [-0.2, -0.15) is 0 Å². The van der Waals surface area contributed by atoms with E-state index in [0.717, 1.165) is 37.4 Å². The molecule has 2 heterocycles. The Labute approximate surface area is 100 Å². The van der Waals surface area contributed by atoms with Crippen LogP contribution in [0.5, 0.6) is 0 Å². The number of anilines is 1. The zero-order chi connectivity index (χ0) is 12.3. The molecule has 1 fully saturated rings. The molecule has 1 aliphatic rings. The van der Waals surface area contributed by atoms with Gasteiger partial charge in [-0.05, 0) is 25.7 Å². The van der Waals surface area contributed by atoms with Crippen molar-refractivity contribution >= 4 is 11.8 Å². The van der Waals surface area contributed by atoms with Gasteiger partial charge in [0.2, 0.25) is 0 Å². The number of aromatic nitrogens is 2. The molecule has 1 unspecified atom stereocenters. The minimum absolute atomic E-state index is 0.262. The maximum absolute atomic E-state index is 10.5. The zero-order valence-electron chi connectivity index (χ0n) is 9.96. The van der Waals surface area contributed by atoms with E-state index >= 15 is 0 Å². The van der Waals surface area contributed by atoms with Crippen molar-refractivity contribution in [3.05, 3.63) is 18.1 Å². The maximum atomic E-state index is 10.5. The van der Waals surface area contributed by atoms with Crippen LogP contribution in [-0.2, 0) is 4.79 Å². The van der Waals surface area contributed by atoms with Crippen LogP contribution in [0.4, 0.5) is 5.82 Å². The Hall–Kier alpha value is -1.65. The number of hydrogen-bond donors (Lipinski definition) is 1. The van der Waals surface area contributed by atoms with Crippen molar-refractivity contribution in [3.63, 3.8) is 0 Å². The van der Waals surface area contributed by atoms with E-state index in [0.29, 0.717) is 5.92 Å². The molecular weight excluding hydrogens is 218 g/mol. The molecule has 0 aromatic carbocycles. The van der Waals surface area contributed by atoms with Crippen LogP contribution in [0.15, 0.2) is 12.4 Å². The largest absolute Gasteiger partial charge is 0.481 e. The second kappa shape index (κ2) is 5.12. The van der Waals surface area contributed by atoms with E-state index in [1.54, 1.807) is 12.4 Å². The average Bonchev–Trinajstić information content (AvgIpc) is 2.75. The fourth-order valence-corrected chi connectivity index (χ4v) is 2.30. The molecule has 1 atom stereocenters. The topological polar surface area (TPSA) is 66.3 Å². The van der Waals surface area contributed by atoms with Gasteiger partial charge in [-0.3, -0.25) is 9.78 Å². The molecule has 0 bridgehead atoms. The summed E-state index contributed by atoms with van der Waals surface area (Å²) in [5.41, 5.74) is 0.936. The summed E-state index contributed by atoms with van der Waals surface area (Å²) in [5.74, 6) is 0.692. The highest BCUT2D eigenvalue weighted by atomic mass is 16.4. The quantitative estimate of drug-likeness (QED) is 0.856. The van der Waals surface area contributed by atoms with Crippen molar-refractivity contribution in [2.24, 2.45) is 5.92 Å². The minimum atomic E-state index is -0.709. The van der Waals surface area contributed by atoms with Crippen LogP contribution < -0.4 is 4.90 Å². The van der Waals surface area contributed by atoms with Crippen molar-refractivity contribution in [2.45, 2.75) is 26.2 Å². The van der Waals surface area contributed by atoms with E-state index in [-0.39, 0.29) is 6.42 Å². The van der Waals surface area contributed by atoms with E-state index in [4.69, 9.17) is 5.11 Å². The Morgan fingerprint density at radius 2 is 2.29 bits per heavy atom. The first-order valence-electron chi connectivity index (χ1n) is 5.91. The number of carbonyl (C=O) groups is 1. The standard InChI is InChI=1S/C12H17N3O2/c1-9-12(14-6-5-13-9)15-7-4-10(8-15)2-3-11(16)17/h5-6,10H,2-4,7-8H2,1H3,(H,16,17). The summed E-state index contributed by atoms with van der Waals surface area (Å²) >= 11 is 0. The van der Waals surface area contributed by atoms with Gasteiger partial charge in [0.1, 0.15) is 5.82 Å². The SMILES string of the molecule is Cc1nccnc1N1CCC(CCC(=O)O)C1. The second-order valence-corrected chi connectivity index (χ2v) is 4.50. The smallest absolute Gasteiger partial charge is 0.303 e. The zero-order valence-corrected chi connectivity index (χ0v) is 9.96. The average molecular weight is 235 g/mol. The first kappa shape index (κ1) is 11.8. The predicted molar refractivity (Wildman–Crippen MR) is 64.0 cm³/mol. The Bertz CT molecular complexity index is 408. The van der Waals surface area contributed by atoms with Crippen LogP contribution in [0.2, 0.25) is 0 Å². The van der Waals surface area contributed by atoms with E-state index in [1.807, 2.05) is 6.92 Å². The molecule has 1 aromatic rings. The molecule has 17 heavy (non-hydrogen) atoms. The summed E-state index contributed by atoms with van der Waals surface area (Å²) in [6.07, 6.45) is 5.45. The van der Waals surface area contributed by atoms with Crippen molar-refractivity contribution in [1.82, 2.24) is 9.97 Å². The highest BCUT2D eigenvalue weighted by Crippen LogP contribution is 2.26. The number of rotatable bonds is 4. The fraction of sp³-hybridized carbons (Fsp3) is 0.583. The van der Waals surface area contributed by atoms with Crippen LogP contribution in [0.1, 0.15) is 25.0 Å². The summed E-state index contributed by atoms with van der Waals surface area (Å²) in [4.78, 5) is 21.3. The van der Waals surface area contributed by atoms with Gasteiger partial charge >= 0.3 is 5.97 Å². The lowest BCUT2D eigenvalue weighted by atomic mass is 10.0. The van der Waals surface area contributed by atoms with Gasteiger partial charge in [-0.15, -0.1) is 0 Å². The fourth-order valence-electron chi connectivity index (χ4n) is 2.30. The maximum Gasteiger partial charge on any atom is 0.303 e. The summed E-state index contributed by atoms with van der Waals surface area (Å²) in [6, 6.07) is 0. The molecule has 0 amide bonds. The molecule has 92 valence electrons. The molecule has 1 N–H and O–H groups in total. The van der Waals surface area contributed by atoms with Gasteiger partial charge in [0.25, 0.3) is 0 Å². The van der Waals surface area contributed by atoms with Gasteiger partial charge in [-0.25, -0.2) is 4.98 Å². The van der Waals surface area contributed by atoms with Crippen LogP contribution in [0, 0.1) is 12.8 Å².